The van der Waals surface area contributed by atoms with Crippen LogP contribution in [-0.4, -0.2) is 0 Å². The van der Waals surface area contributed by atoms with E-state index in [1.54, 1.807) is 12.3 Å². The first-order chi connectivity index (χ1) is 4.93. The van der Waals surface area contributed by atoms with Gasteiger partial charge in [-0.05, 0) is 31.1 Å². The van der Waals surface area contributed by atoms with E-state index in [1.807, 2.05) is 25.1 Å². The SMILES string of the molecule is C/C=C\C#Cc1ccco1. The molecule has 0 bridgehead atoms. The van der Waals surface area contributed by atoms with Crippen LogP contribution in [0, 0.1) is 11.8 Å². The minimum Gasteiger partial charge on any atom is -0.456 e. The first kappa shape index (κ1) is 6.70. The normalized spacial score (nSPS) is 9.30. The zero-order chi connectivity index (χ0) is 7.23. The fourth-order valence-corrected chi connectivity index (χ4v) is 0.546. The predicted octanol–water partition coefficient (Wildman–Crippen LogP) is 2.21. The molecule has 0 radical (unpaired) electrons. The third-order valence-electron chi connectivity index (χ3n) is 0.967. The Hall–Kier alpha value is -1.42. The molecule has 0 unspecified atom stereocenters. The van der Waals surface area contributed by atoms with Crippen molar-refractivity contribution in [3.8, 4) is 11.8 Å². The fraction of sp³-hybridized carbons (Fsp3) is 0.111. The smallest absolute Gasteiger partial charge is 0.176 e. The van der Waals surface area contributed by atoms with Crippen molar-refractivity contribution in [2.75, 3.05) is 0 Å². The van der Waals surface area contributed by atoms with Gasteiger partial charge >= 0.3 is 0 Å². The van der Waals surface area contributed by atoms with Gasteiger partial charge in [-0.1, -0.05) is 12.0 Å². The third-order valence-corrected chi connectivity index (χ3v) is 0.967. The lowest BCUT2D eigenvalue weighted by atomic mass is 10.4. The standard InChI is InChI=1S/C9H8O/c1-2-3-4-6-9-7-5-8-10-9/h2-3,5,7-8H,1H3/b3-2-. The summed E-state index contributed by atoms with van der Waals surface area (Å²) in [5, 5.41) is 0. The molecule has 0 saturated carbocycles. The molecule has 0 aromatic carbocycles. The Bertz CT molecular complexity index is 257. The molecule has 1 heterocycles. The number of hydrogen-bond donors (Lipinski definition) is 0. The van der Waals surface area contributed by atoms with Gasteiger partial charge in [-0.25, -0.2) is 0 Å². The second-order valence-electron chi connectivity index (χ2n) is 1.75. The minimum atomic E-state index is 0.707. The van der Waals surface area contributed by atoms with Gasteiger partial charge < -0.3 is 4.42 Å². The molecule has 0 N–H and O–H groups in total. The summed E-state index contributed by atoms with van der Waals surface area (Å²) in [6, 6.07) is 3.65. The Labute approximate surface area is 60.4 Å². The monoisotopic (exact) mass is 132 g/mol. The summed E-state index contributed by atoms with van der Waals surface area (Å²) in [6.45, 7) is 1.93. The van der Waals surface area contributed by atoms with Gasteiger partial charge in [0, 0.05) is 0 Å². The minimum absolute atomic E-state index is 0.707. The Balaban J connectivity index is 2.66. The predicted molar refractivity (Wildman–Crippen MR) is 40.4 cm³/mol. The second kappa shape index (κ2) is 3.58. The van der Waals surface area contributed by atoms with Crippen LogP contribution < -0.4 is 0 Å². The summed E-state index contributed by atoms with van der Waals surface area (Å²) >= 11 is 0. The van der Waals surface area contributed by atoms with E-state index < -0.39 is 0 Å². The molecule has 0 aliphatic rings. The molecule has 0 aliphatic carbocycles. The largest absolute Gasteiger partial charge is 0.456 e. The first-order valence-corrected chi connectivity index (χ1v) is 3.09. The van der Waals surface area contributed by atoms with E-state index in [9.17, 15) is 0 Å². The third kappa shape index (κ3) is 1.83. The molecular formula is C9H8O. The van der Waals surface area contributed by atoms with E-state index in [0.717, 1.165) is 0 Å². The number of hydrogen-bond acceptors (Lipinski definition) is 1. The fourth-order valence-electron chi connectivity index (χ4n) is 0.546. The van der Waals surface area contributed by atoms with Crippen LogP contribution in [0.3, 0.4) is 0 Å². The van der Waals surface area contributed by atoms with Crippen molar-refractivity contribution in [1.82, 2.24) is 0 Å². The highest BCUT2D eigenvalue weighted by molar-refractivity contribution is 5.28. The summed E-state index contributed by atoms with van der Waals surface area (Å²) in [6.07, 6.45) is 5.28. The molecule has 0 fully saturated rings. The van der Waals surface area contributed by atoms with Crippen molar-refractivity contribution in [1.29, 1.82) is 0 Å². The molecule has 1 heteroatoms. The highest BCUT2D eigenvalue weighted by atomic mass is 16.3. The van der Waals surface area contributed by atoms with Gasteiger partial charge in [0.2, 0.25) is 0 Å². The van der Waals surface area contributed by atoms with Crippen LogP contribution in [0.1, 0.15) is 12.7 Å². The van der Waals surface area contributed by atoms with Crippen molar-refractivity contribution in [3.63, 3.8) is 0 Å². The second-order valence-corrected chi connectivity index (χ2v) is 1.75. The molecular weight excluding hydrogens is 124 g/mol. The lowest BCUT2D eigenvalue weighted by molar-refractivity contribution is 0.554. The molecule has 0 amide bonds. The highest BCUT2D eigenvalue weighted by Crippen LogP contribution is 1.95. The Morgan fingerprint density at radius 3 is 3.10 bits per heavy atom. The average Bonchev–Trinajstić information content (AvgIpc) is 2.41. The molecule has 50 valence electrons. The van der Waals surface area contributed by atoms with E-state index in [-0.39, 0.29) is 0 Å². The summed E-state index contributed by atoms with van der Waals surface area (Å²) in [7, 11) is 0. The van der Waals surface area contributed by atoms with E-state index >= 15 is 0 Å². The zero-order valence-electron chi connectivity index (χ0n) is 5.79. The summed E-state index contributed by atoms with van der Waals surface area (Å²) in [5.41, 5.74) is 0. The van der Waals surface area contributed by atoms with E-state index in [2.05, 4.69) is 11.8 Å². The van der Waals surface area contributed by atoms with Gasteiger partial charge in [0.05, 0.1) is 6.26 Å². The molecule has 1 rings (SSSR count). The lowest BCUT2D eigenvalue weighted by Gasteiger charge is -1.72. The quantitative estimate of drug-likeness (QED) is 0.493. The van der Waals surface area contributed by atoms with Crippen molar-refractivity contribution < 1.29 is 4.42 Å². The van der Waals surface area contributed by atoms with Gasteiger partial charge in [0.25, 0.3) is 0 Å². The maximum atomic E-state index is 4.97. The Morgan fingerprint density at radius 1 is 1.60 bits per heavy atom. The van der Waals surface area contributed by atoms with Gasteiger partial charge in [0.15, 0.2) is 5.76 Å². The Kier molecular flexibility index (Phi) is 2.39. The first-order valence-electron chi connectivity index (χ1n) is 3.09. The highest BCUT2D eigenvalue weighted by Gasteiger charge is 1.82. The Morgan fingerprint density at radius 2 is 2.50 bits per heavy atom. The van der Waals surface area contributed by atoms with Crippen molar-refractivity contribution in [2.45, 2.75) is 6.92 Å². The van der Waals surface area contributed by atoms with E-state index in [1.165, 1.54) is 0 Å². The zero-order valence-corrected chi connectivity index (χ0v) is 5.79. The van der Waals surface area contributed by atoms with Gasteiger partial charge in [-0.15, -0.1) is 0 Å². The summed E-state index contributed by atoms with van der Waals surface area (Å²) < 4.78 is 4.97. The van der Waals surface area contributed by atoms with Gasteiger partial charge in [-0.3, -0.25) is 0 Å². The number of rotatable bonds is 0. The molecule has 0 aliphatic heterocycles. The molecule has 1 aromatic rings. The molecule has 0 atom stereocenters. The van der Waals surface area contributed by atoms with Crippen molar-refractivity contribution in [2.24, 2.45) is 0 Å². The van der Waals surface area contributed by atoms with Crippen LogP contribution in [0.25, 0.3) is 0 Å². The molecule has 0 spiro atoms. The van der Waals surface area contributed by atoms with E-state index in [0.29, 0.717) is 5.76 Å². The van der Waals surface area contributed by atoms with Crippen LogP contribution in [0.2, 0.25) is 0 Å². The molecule has 0 saturated heterocycles. The van der Waals surface area contributed by atoms with Crippen LogP contribution in [0.4, 0.5) is 0 Å². The van der Waals surface area contributed by atoms with Crippen LogP contribution in [0.5, 0.6) is 0 Å². The van der Waals surface area contributed by atoms with Gasteiger partial charge in [0.1, 0.15) is 0 Å². The van der Waals surface area contributed by atoms with Crippen molar-refractivity contribution >= 4 is 0 Å². The summed E-state index contributed by atoms with van der Waals surface area (Å²) in [4.78, 5) is 0. The summed E-state index contributed by atoms with van der Waals surface area (Å²) in [5.74, 6) is 6.34. The van der Waals surface area contributed by atoms with Crippen molar-refractivity contribution in [3.05, 3.63) is 36.3 Å². The maximum absolute atomic E-state index is 4.97. The van der Waals surface area contributed by atoms with E-state index in [4.69, 9.17) is 4.42 Å². The van der Waals surface area contributed by atoms with Crippen LogP contribution >= 0.6 is 0 Å². The lowest BCUT2D eigenvalue weighted by Crippen LogP contribution is -1.59. The number of allylic oxidation sites excluding steroid dienone is 2. The molecule has 10 heavy (non-hydrogen) atoms. The van der Waals surface area contributed by atoms with Crippen LogP contribution in [0.15, 0.2) is 35.0 Å². The number of furan rings is 1. The molecule has 1 nitrogen and oxygen atoms in total. The maximum Gasteiger partial charge on any atom is 0.176 e. The topological polar surface area (TPSA) is 13.1 Å². The molecule has 1 aromatic heterocycles. The average molecular weight is 132 g/mol. The van der Waals surface area contributed by atoms with Gasteiger partial charge in [-0.2, -0.15) is 0 Å². The van der Waals surface area contributed by atoms with Crippen LogP contribution in [-0.2, 0) is 0 Å².